The maximum atomic E-state index is 9.94. The highest BCUT2D eigenvalue weighted by atomic mass is 16.5. The highest BCUT2D eigenvalue weighted by Crippen LogP contribution is 2.41. The van der Waals surface area contributed by atoms with Crippen molar-refractivity contribution in [3.05, 3.63) is 64.8 Å². The normalized spacial score (nSPS) is 21.0. The molecule has 0 spiro atoms. The number of anilines is 3. The fourth-order valence-corrected chi connectivity index (χ4v) is 4.44. The van der Waals surface area contributed by atoms with Gasteiger partial charge in [0.1, 0.15) is 6.07 Å². The Labute approximate surface area is 191 Å². The first-order chi connectivity index (χ1) is 16.0. The van der Waals surface area contributed by atoms with E-state index in [2.05, 4.69) is 26.7 Å². The Morgan fingerprint density at radius 3 is 2.91 bits per heavy atom. The van der Waals surface area contributed by atoms with Gasteiger partial charge in [-0.25, -0.2) is 9.97 Å². The summed E-state index contributed by atoms with van der Waals surface area (Å²) in [6, 6.07) is 13.9. The molecule has 1 aromatic heterocycles. The Balaban J connectivity index is 1.45. The Morgan fingerprint density at radius 2 is 2.12 bits per heavy atom. The van der Waals surface area contributed by atoms with Crippen LogP contribution in [0.25, 0.3) is 11.3 Å². The predicted molar refractivity (Wildman–Crippen MR) is 124 cm³/mol. The van der Waals surface area contributed by atoms with E-state index in [1.165, 1.54) is 0 Å². The lowest BCUT2D eigenvalue weighted by Gasteiger charge is -2.24. The second-order valence-electron chi connectivity index (χ2n) is 8.82. The van der Waals surface area contributed by atoms with Gasteiger partial charge in [-0.2, -0.15) is 5.26 Å². The lowest BCUT2D eigenvalue weighted by molar-refractivity contribution is -0.00699. The molecule has 4 N–H and O–H groups in total. The summed E-state index contributed by atoms with van der Waals surface area (Å²) in [6.07, 6.45) is 2.16. The largest absolute Gasteiger partial charge is 0.395 e. The van der Waals surface area contributed by atoms with Gasteiger partial charge < -0.3 is 25.6 Å². The van der Waals surface area contributed by atoms with Gasteiger partial charge in [-0.15, -0.1) is 0 Å². The summed E-state index contributed by atoms with van der Waals surface area (Å²) in [4.78, 5) is 9.04. The summed E-state index contributed by atoms with van der Waals surface area (Å²) in [5, 5.41) is 35.5. The van der Waals surface area contributed by atoms with Crippen LogP contribution in [0.3, 0.4) is 0 Å². The number of rotatable bonds is 5. The molecule has 0 aliphatic carbocycles. The second-order valence-corrected chi connectivity index (χ2v) is 8.82. The zero-order valence-electron chi connectivity index (χ0n) is 18.3. The van der Waals surface area contributed by atoms with Crippen LogP contribution in [0.5, 0.6) is 0 Å². The Bertz CT molecular complexity index is 1260. The number of aromatic nitrogens is 2. The molecule has 0 amide bonds. The average Bonchev–Trinajstić information content (AvgIpc) is 3.20. The topological polar surface area (TPSA) is 123 Å². The van der Waals surface area contributed by atoms with Crippen LogP contribution >= 0.6 is 0 Å². The van der Waals surface area contributed by atoms with Crippen LogP contribution < -0.4 is 10.6 Å². The highest BCUT2D eigenvalue weighted by Gasteiger charge is 2.36. The lowest BCUT2D eigenvalue weighted by Crippen LogP contribution is -2.28. The van der Waals surface area contributed by atoms with Crippen molar-refractivity contribution in [2.24, 2.45) is 0 Å². The zero-order chi connectivity index (χ0) is 23.0. The van der Waals surface area contributed by atoms with E-state index in [0.717, 1.165) is 33.6 Å². The molecule has 0 bridgehead atoms. The van der Waals surface area contributed by atoms with Crippen LogP contribution in [-0.4, -0.2) is 46.0 Å². The number of hydrogen-bond acceptors (Lipinski definition) is 8. The first kappa shape index (κ1) is 21.3. The van der Waals surface area contributed by atoms with E-state index in [1.54, 1.807) is 6.20 Å². The highest BCUT2D eigenvalue weighted by molar-refractivity contribution is 5.76. The molecule has 5 rings (SSSR count). The summed E-state index contributed by atoms with van der Waals surface area (Å²) < 4.78 is 5.61. The van der Waals surface area contributed by atoms with Crippen molar-refractivity contribution in [3.63, 3.8) is 0 Å². The van der Waals surface area contributed by atoms with Gasteiger partial charge in [0.15, 0.2) is 0 Å². The number of aliphatic hydroxyl groups excluding tert-OH is 2. The number of hydrogen-bond donors (Lipinski definition) is 4. The van der Waals surface area contributed by atoms with E-state index in [1.807, 2.05) is 43.3 Å². The van der Waals surface area contributed by atoms with Gasteiger partial charge in [0, 0.05) is 35.8 Å². The summed E-state index contributed by atoms with van der Waals surface area (Å²) in [5.41, 5.74) is 6.36. The van der Waals surface area contributed by atoms with Crippen molar-refractivity contribution < 1.29 is 14.9 Å². The van der Waals surface area contributed by atoms with Crippen molar-refractivity contribution in [3.8, 4) is 17.3 Å². The zero-order valence-corrected chi connectivity index (χ0v) is 18.3. The van der Waals surface area contributed by atoms with E-state index >= 15 is 0 Å². The molecule has 2 aliphatic rings. The summed E-state index contributed by atoms with van der Waals surface area (Å²) in [7, 11) is 0. The molecule has 0 radical (unpaired) electrons. The van der Waals surface area contributed by atoms with Gasteiger partial charge in [-0.3, -0.25) is 0 Å². The molecule has 0 saturated carbocycles. The molecular weight excluding hydrogens is 418 g/mol. The van der Waals surface area contributed by atoms with Gasteiger partial charge in [-0.05, 0) is 47.0 Å². The molecule has 0 fully saturated rings. The first-order valence-corrected chi connectivity index (χ1v) is 10.9. The third-order valence-corrected chi connectivity index (χ3v) is 6.45. The van der Waals surface area contributed by atoms with Crippen LogP contribution in [0.15, 0.2) is 42.6 Å². The number of nitriles is 1. The monoisotopic (exact) mass is 443 g/mol. The molecule has 0 saturated heterocycles. The quantitative estimate of drug-likeness (QED) is 0.475. The fraction of sp³-hybridized carbons (Fsp3) is 0.320. The maximum absolute atomic E-state index is 9.94. The van der Waals surface area contributed by atoms with Gasteiger partial charge >= 0.3 is 0 Å². The lowest BCUT2D eigenvalue weighted by atomic mass is 9.83. The van der Waals surface area contributed by atoms with Crippen LogP contribution in [-0.2, 0) is 23.2 Å². The number of nitrogens with one attached hydrogen (secondary N) is 2. The van der Waals surface area contributed by atoms with Crippen molar-refractivity contribution in [1.29, 1.82) is 5.26 Å². The van der Waals surface area contributed by atoms with Gasteiger partial charge in [0.2, 0.25) is 5.95 Å². The van der Waals surface area contributed by atoms with Crippen molar-refractivity contribution >= 4 is 17.3 Å². The minimum absolute atomic E-state index is 0.00143. The number of benzene rings is 2. The predicted octanol–water partition coefficient (Wildman–Crippen LogP) is 2.87. The van der Waals surface area contributed by atoms with Gasteiger partial charge in [-0.1, -0.05) is 13.0 Å². The molecule has 2 aliphatic heterocycles. The molecule has 8 nitrogen and oxygen atoms in total. The number of fused-ring (bicyclic) bond motifs is 2. The molecular formula is C25H25N5O3. The standard InChI is InChI=1S/C25H25N5O3/c1-25(14-32)13-28-23-18(10-26)6-17(9-21(23)25)22-4-5-27-24(30-22)29-19-3-2-15-12-33-20(11-31)8-16(15)7-19/h2-7,9,20,28,31-32H,8,11-14H2,1H3,(H,27,29,30). The summed E-state index contributed by atoms with van der Waals surface area (Å²) in [5.74, 6) is 0.445. The third-order valence-electron chi connectivity index (χ3n) is 6.45. The third kappa shape index (κ3) is 3.91. The van der Waals surface area contributed by atoms with Gasteiger partial charge in [0.25, 0.3) is 0 Å². The summed E-state index contributed by atoms with van der Waals surface area (Å²) in [6.45, 7) is 3.03. The van der Waals surface area contributed by atoms with E-state index in [-0.39, 0.29) is 19.3 Å². The van der Waals surface area contributed by atoms with E-state index < -0.39 is 5.41 Å². The molecule has 168 valence electrons. The molecule has 8 heteroatoms. The molecule has 2 atom stereocenters. The Morgan fingerprint density at radius 1 is 1.24 bits per heavy atom. The maximum Gasteiger partial charge on any atom is 0.227 e. The average molecular weight is 444 g/mol. The van der Waals surface area contributed by atoms with E-state index in [4.69, 9.17) is 4.74 Å². The number of aliphatic hydroxyl groups is 2. The van der Waals surface area contributed by atoms with Crippen molar-refractivity contribution in [2.75, 3.05) is 30.4 Å². The SMILES string of the molecule is CC1(CO)CNc2c(C#N)cc(-c3ccnc(Nc4ccc5c(c4)CC(CO)OC5)n3)cc21. The molecule has 2 unspecified atom stereocenters. The van der Waals surface area contributed by atoms with E-state index in [0.29, 0.717) is 36.8 Å². The first-order valence-electron chi connectivity index (χ1n) is 10.9. The van der Waals surface area contributed by atoms with Gasteiger partial charge in [0.05, 0.1) is 42.9 Å². The van der Waals surface area contributed by atoms with Crippen LogP contribution in [0.1, 0.15) is 29.2 Å². The minimum atomic E-state index is -0.454. The fourth-order valence-electron chi connectivity index (χ4n) is 4.44. The molecule has 3 aromatic rings. The van der Waals surface area contributed by atoms with Crippen LogP contribution in [0.4, 0.5) is 17.3 Å². The smallest absolute Gasteiger partial charge is 0.227 e. The summed E-state index contributed by atoms with van der Waals surface area (Å²) >= 11 is 0. The van der Waals surface area contributed by atoms with Crippen molar-refractivity contribution in [2.45, 2.75) is 31.5 Å². The van der Waals surface area contributed by atoms with Crippen LogP contribution in [0, 0.1) is 11.3 Å². The van der Waals surface area contributed by atoms with E-state index in [9.17, 15) is 15.5 Å². The van der Waals surface area contributed by atoms with Crippen molar-refractivity contribution in [1.82, 2.24) is 9.97 Å². The Kier molecular flexibility index (Phi) is 5.46. The number of ether oxygens (including phenoxy) is 1. The minimum Gasteiger partial charge on any atom is -0.395 e. The Hall–Kier alpha value is -3.51. The molecule has 33 heavy (non-hydrogen) atoms. The molecule has 2 aromatic carbocycles. The second kappa shape index (κ2) is 8.45. The molecule has 3 heterocycles. The van der Waals surface area contributed by atoms with Crippen LogP contribution in [0.2, 0.25) is 0 Å². The number of nitrogens with zero attached hydrogens (tertiary/aromatic N) is 3.